The zero-order chi connectivity index (χ0) is 13.5. The van der Waals surface area contributed by atoms with Gasteiger partial charge in [0, 0.05) is 12.0 Å². The molecular weight excluding hydrogens is 259 g/mol. The summed E-state index contributed by atoms with van der Waals surface area (Å²) in [4.78, 5) is 0. The number of fused-ring (bicyclic) bond motifs is 1. The molecule has 1 aromatic carbocycles. The predicted molar refractivity (Wildman–Crippen MR) is 64.6 cm³/mol. The molecular formula is C12H13BF4N2. The minimum Gasteiger partial charge on any atom is -1.00 e. The average Bonchev–Trinajstić information content (AvgIpc) is 2.32. The van der Waals surface area contributed by atoms with Crippen molar-refractivity contribution in [1.82, 2.24) is 0 Å². The van der Waals surface area contributed by atoms with E-state index >= 15 is 0 Å². The molecule has 0 radical (unpaired) electrons. The van der Waals surface area contributed by atoms with Crippen molar-refractivity contribution in [3.8, 4) is 6.07 Å². The van der Waals surface area contributed by atoms with Crippen LogP contribution in [0.3, 0.4) is 0 Å². The van der Waals surface area contributed by atoms with Crippen molar-refractivity contribution in [2.45, 2.75) is 12.8 Å². The molecule has 0 saturated heterocycles. The molecule has 0 N–H and O–H groups in total. The summed E-state index contributed by atoms with van der Waals surface area (Å²) in [5, 5.41) is 8.76. The standard InChI is InChI=1S/C12H13N2.BF3.FH/c1-14-9-7-10-4-2-3-5-11(10)12(14)6-8-13;2-1(3)4;/h2-5H,6-7,9H2,1H3;;1H/q+1;;/p-1. The molecule has 0 atom stereocenters. The zero-order valence-corrected chi connectivity index (χ0v) is 10.4. The normalized spacial score (nSPS) is 12.4. The Morgan fingerprint density at radius 3 is 2.47 bits per heavy atom. The van der Waals surface area contributed by atoms with Gasteiger partial charge >= 0.3 is 7.54 Å². The summed E-state index contributed by atoms with van der Waals surface area (Å²) in [5.41, 5.74) is 3.79. The number of nitriles is 1. The summed E-state index contributed by atoms with van der Waals surface area (Å²) < 4.78 is 31.2. The summed E-state index contributed by atoms with van der Waals surface area (Å²) in [6.07, 6.45) is 1.59. The SMILES string of the molecule is C[N+]1=C(CC#N)c2ccccc2CC1.FB(F)F.[F-]. The number of hydrogen-bond acceptors (Lipinski definition) is 1. The fourth-order valence-corrected chi connectivity index (χ4v) is 1.95. The lowest BCUT2D eigenvalue weighted by atomic mass is 9.96. The molecule has 0 unspecified atom stereocenters. The molecule has 0 aliphatic carbocycles. The van der Waals surface area contributed by atoms with E-state index in [0.29, 0.717) is 6.42 Å². The molecule has 0 aromatic heterocycles. The molecule has 2 rings (SSSR count). The molecule has 0 amide bonds. The lowest BCUT2D eigenvalue weighted by Gasteiger charge is -2.14. The predicted octanol–water partition coefficient (Wildman–Crippen LogP) is -0.528. The second-order valence-electron chi connectivity index (χ2n) is 3.86. The van der Waals surface area contributed by atoms with E-state index in [1.165, 1.54) is 11.1 Å². The van der Waals surface area contributed by atoms with Gasteiger partial charge in [-0.05, 0) is 11.6 Å². The molecule has 7 heteroatoms. The minimum atomic E-state index is -3.67. The third-order valence-corrected chi connectivity index (χ3v) is 2.75. The first-order valence-electron chi connectivity index (χ1n) is 5.50. The van der Waals surface area contributed by atoms with E-state index < -0.39 is 7.54 Å². The van der Waals surface area contributed by atoms with Crippen LogP contribution in [0.25, 0.3) is 0 Å². The van der Waals surface area contributed by atoms with Crippen LogP contribution >= 0.6 is 0 Å². The first-order valence-corrected chi connectivity index (χ1v) is 5.50. The van der Waals surface area contributed by atoms with Gasteiger partial charge in [0.25, 0.3) is 0 Å². The van der Waals surface area contributed by atoms with E-state index in [0.717, 1.165) is 18.7 Å². The van der Waals surface area contributed by atoms with Crippen LogP contribution in [0.15, 0.2) is 24.3 Å². The molecule has 1 aromatic rings. The maximum Gasteiger partial charge on any atom is 0.762 e. The molecule has 1 aliphatic rings. The molecule has 0 fully saturated rings. The number of halogens is 4. The Balaban J connectivity index is 0.000000576. The maximum absolute atomic E-state index is 9.67. The van der Waals surface area contributed by atoms with Crippen molar-refractivity contribution >= 4 is 13.3 Å². The van der Waals surface area contributed by atoms with Crippen molar-refractivity contribution < 1.29 is 22.2 Å². The molecule has 2 nitrogen and oxygen atoms in total. The zero-order valence-electron chi connectivity index (χ0n) is 10.4. The van der Waals surface area contributed by atoms with Crippen LogP contribution in [-0.2, 0) is 6.42 Å². The maximum atomic E-state index is 9.67. The Kier molecular flexibility index (Phi) is 7.50. The van der Waals surface area contributed by atoms with Crippen LogP contribution < -0.4 is 4.70 Å². The van der Waals surface area contributed by atoms with Gasteiger partial charge in [0.1, 0.15) is 20.0 Å². The molecule has 1 heterocycles. The number of likely N-dealkylation sites (N-methyl/N-ethyl adjacent to an activating group) is 1. The fourth-order valence-electron chi connectivity index (χ4n) is 1.95. The Morgan fingerprint density at radius 1 is 1.32 bits per heavy atom. The highest BCUT2D eigenvalue weighted by molar-refractivity contribution is 6.33. The van der Waals surface area contributed by atoms with Gasteiger partial charge in [-0.3, -0.25) is 12.9 Å². The minimum absolute atomic E-state index is 0. The van der Waals surface area contributed by atoms with Gasteiger partial charge in [0.2, 0.25) is 0 Å². The van der Waals surface area contributed by atoms with Crippen LogP contribution in [0, 0.1) is 11.3 Å². The van der Waals surface area contributed by atoms with Gasteiger partial charge in [0.15, 0.2) is 5.71 Å². The van der Waals surface area contributed by atoms with Gasteiger partial charge in [-0.25, -0.2) is 4.58 Å². The van der Waals surface area contributed by atoms with Crippen molar-refractivity contribution in [1.29, 1.82) is 5.26 Å². The molecule has 0 spiro atoms. The van der Waals surface area contributed by atoms with E-state index in [-0.39, 0.29) is 4.70 Å². The van der Waals surface area contributed by atoms with E-state index in [1.54, 1.807) is 0 Å². The summed E-state index contributed by atoms with van der Waals surface area (Å²) in [7, 11) is -1.61. The highest BCUT2D eigenvalue weighted by atomic mass is 19.4. The number of benzene rings is 1. The van der Waals surface area contributed by atoms with Gasteiger partial charge < -0.3 is 4.70 Å². The van der Waals surface area contributed by atoms with E-state index in [4.69, 9.17) is 5.26 Å². The van der Waals surface area contributed by atoms with Crippen molar-refractivity contribution in [2.24, 2.45) is 0 Å². The smallest absolute Gasteiger partial charge is 0.762 e. The van der Waals surface area contributed by atoms with Crippen LogP contribution in [0.5, 0.6) is 0 Å². The number of rotatable bonds is 1. The Labute approximate surface area is 109 Å². The molecule has 19 heavy (non-hydrogen) atoms. The monoisotopic (exact) mass is 272 g/mol. The van der Waals surface area contributed by atoms with Crippen LogP contribution in [0.4, 0.5) is 12.9 Å². The van der Waals surface area contributed by atoms with Crippen molar-refractivity contribution in [3.63, 3.8) is 0 Å². The summed E-state index contributed by atoms with van der Waals surface area (Å²) in [6.45, 7) is 1.02. The second-order valence-corrected chi connectivity index (χ2v) is 3.86. The number of nitrogens with zero attached hydrogens (tertiary/aromatic N) is 2. The largest absolute Gasteiger partial charge is 1.00 e. The van der Waals surface area contributed by atoms with Gasteiger partial charge in [-0.1, -0.05) is 18.2 Å². The lowest BCUT2D eigenvalue weighted by Crippen LogP contribution is -3.00. The van der Waals surface area contributed by atoms with Gasteiger partial charge in [-0.2, -0.15) is 5.26 Å². The summed E-state index contributed by atoms with van der Waals surface area (Å²) in [5.74, 6) is 0. The lowest BCUT2D eigenvalue weighted by molar-refractivity contribution is -0.498. The molecule has 0 saturated carbocycles. The van der Waals surface area contributed by atoms with Crippen molar-refractivity contribution in [2.75, 3.05) is 13.6 Å². The first kappa shape index (κ1) is 17.2. The highest BCUT2D eigenvalue weighted by Gasteiger charge is 2.21. The molecule has 1 aliphatic heterocycles. The van der Waals surface area contributed by atoms with Crippen LogP contribution in [0.1, 0.15) is 17.5 Å². The van der Waals surface area contributed by atoms with Crippen LogP contribution in [-0.4, -0.2) is 31.4 Å². The van der Waals surface area contributed by atoms with E-state index in [9.17, 15) is 12.9 Å². The Morgan fingerprint density at radius 2 is 1.89 bits per heavy atom. The van der Waals surface area contributed by atoms with Gasteiger partial charge in [0.05, 0.1) is 6.07 Å². The highest BCUT2D eigenvalue weighted by Crippen LogP contribution is 2.16. The van der Waals surface area contributed by atoms with Crippen molar-refractivity contribution in [3.05, 3.63) is 35.4 Å². The first-order chi connectivity index (χ1) is 8.56. The summed E-state index contributed by atoms with van der Waals surface area (Å²) >= 11 is 0. The third kappa shape index (κ3) is 5.12. The van der Waals surface area contributed by atoms with Crippen LogP contribution in [0.2, 0.25) is 0 Å². The molecule has 102 valence electrons. The van der Waals surface area contributed by atoms with E-state index in [1.807, 2.05) is 6.07 Å². The fraction of sp³-hybridized carbons (Fsp3) is 0.333. The second kappa shape index (κ2) is 8.30. The topological polar surface area (TPSA) is 26.8 Å². The number of hydrogen-bond donors (Lipinski definition) is 0. The Bertz CT molecular complexity index is 480. The third-order valence-electron chi connectivity index (χ3n) is 2.75. The van der Waals surface area contributed by atoms with Gasteiger partial charge in [-0.15, -0.1) is 0 Å². The average molecular weight is 272 g/mol. The Hall–Kier alpha value is -1.84. The summed E-state index contributed by atoms with van der Waals surface area (Å²) in [6, 6.07) is 10.6. The van der Waals surface area contributed by atoms with E-state index in [2.05, 4.69) is 35.9 Å². The quantitative estimate of drug-likeness (QED) is 0.383. The molecule has 0 bridgehead atoms.